The van der Waals surface area contributed by atoms with Crippen molar-refractivity contribution in [1.29, 1.82) is 0 Å². The summed E-state index contributed by atoms with van der Waals surface area (Å²) in [5.74, 6) is 1.75. The lowest BCUT2D eigenvalue weighted by atomic mass is 9.91. The summed E-state index contributed by atoms with van der Waals surface area (Å²) in [7, 11) is 0. The molecular formula is C67H42N4O. The Balaban J connectivity index is 1.06. The van der Waals surface area contributed by atoms with Gasteiger partial charge in [0.1, 0.15) is 11.2 Å². The highest BCUT2D eigenvalue weighted by atomic mass is 16.3. The largest absolute Gasteiger partial charge is 0.456 e. The van der Waals surface area contributed by atoms with Gasteiger partial charge in [-0.3, -0.25) is 0 Å². The molecule has 5 nitrogen and oxygen atoms in total. The first-order chi connectivity index (χ1) is 35.7. The molecule has 0 fully saturated rings. The topological polar surface area (TPSA) is 56.7 Å². The second-order valence-electron chi connectivity index (χ2n) is 18.4. The highest BCUT2D eigenvalue weighted by Crippen LogP contribution is 2.45. The Hall–Kier alpha value is -9.71. The van der Waals surface area contributed by atoms with E-state index in [2.05, 4.69) is 229 Å². The van der Waals surface area contributed by atoms with Crippen molar-refractivity contribution in [2.24, 2.45) is 0 Å². The van der Waals surface area contributed by atoms with Crippen molar-refractivity contribution in [2.75, 3.05) is 0 Å². The van der Waals surface area contributed by atoms with Gasteiger partial charge in [0.05, 0.1) is 16.7 Å². The molecule has 14 rings (SSSR count). The van der Waals surface area contributed by atoms with Crippen LogP contribution in [0.15, 0.2) is 259 Å². The van der Waals surface area contributed by atoms with Crippen LogP contribution in [0.4, 0.5) is 0 Å². The Morgan fingerprint density at radius 2 is 0.792 bits per heavy atom. The highest BCUT2D eigenvalue weighted by molar-refractivity contribution is 6.17. The standard InChI is InChI=1S/C67H42N4O/c1-5-19-43(20-6-1)47-29-17-30-50(35-47)66-68-65(46-25-11-4-12-26-46)69-67(70-66)55-32-18-34-62-64(55)58-41-56(53-37-51(44-21-7-2-8-22-44)36-52(38-53)45-23-9-3-10-24-45)61(42-63(58)72-62)71-59-33-16-15-31-54(59)57-39-48-27-13-14-28-49(48)40-60(57)71/h1-42H. The minimum atomic E-state index is 0.564. The van der Waals surface area contributed by atoms with E-state index < -0.39 is 0 Å². The number of rotatable bonds is 8. The first-order valence-electron chi connectivity index (χ1n) is 24.3. The number of hydrogen-bond donors (Lipinski definition) is 0. The van der Waals surface area contributed by atoms with Gasteiger partial charge in [-0.2, -0.15) is 0 Å². The molecule has 0 unspecified atom stereocenters. The smallest absolute Gasteiger partial charge is 0.164 e. The molecule has 5 heteroatoms. The molecule has 0 radical (unpaired) electrons. The minimum Gasteiger partial charge on any atom is -0.456 e. The van der Waals surface area contributed by atoms with E-state index in [0.29, 0.717) is 17.5 Å². The summed E-state index contributed by atoms with van der Waals surface area (Å²) < 4.78 is 9.47. The SMILES string of the molecule is c1ccc(-c2cccc(-c3nc(-c4ccccc4)nc(-c4cccc5oc6cc(-n7c8ccccc8c8cc9ccccc9cc87)c(-c7cc(-c8ccccc8)cc(-c8ccccc8)c7)cc6c45)n3)c2)cc1. The predicted octanol–water partition coefficient (Wildman–Crippen LogP) is 17.7. The molecule has 0 amide bonds. The van der Waals surface area contributed by atoms with Crippen molar-refractivity contribution in [2.45, 2.75) is 0 Å². The molecule has 3 heterocycles. The van der Waals surface area contributed by atoms with Crippen LogP contribution in [0.25, 0.3) is 139 Å². The fraction of sp³-hybridized carbons (Fsp3) is 0. The van der Waals surface area contributed by atoms with E-state index in [4.69, 9.17) is 19.4 Å². The molecule has 0 aliphatic rings. The molecular weight excluding hydrogens is 877 g/mol. The van der Waals surface area contributed by atoms with Gasteiger partial charge in [-0.15, -0.1) is 0 Å². The van der Waals surface area contributed by atoms with Crippen LogP contribution in [0.1, 0.15) is 0 Å². The Kier molecular flexibility index (Phi) is 9.78. The molecule has 0 atom stereocenters. The average molecular weight is 919 g/mol. The van der Waals surface area contributed by atoms with Gasteiger partial charge in [0.15, 0.2) is 17.5 Å². The summed E-state index contributed by atoms with van der Waals surface area (Å²) in [5, 5.41) is 6.67. The van der Waals surface area contributed by atoms with E-state index in [1.54, 1.807) is 0 Å². The third kappa shape index (κ3) is 7.14. The third-order valence-corrected chi connectivity index (χ3v) is 14.0. The van der Waals surface area contributed by atoms with Crippen molar-refractivity contribution in [3.05, 3.63) is 255 Å². The molecule has 0 aliphatic carbocycles. The van der Waals surface area contributed by atoms with Crippen molar-refractivity contribution in [3.8, 4) is 84.4 Å². The third-order valence-electron chi connectivity index (χ3n) is 14.0. The van der Waals surface area contributed by atoms with E-state index in [-0.39, 0.29) is 0 Å². The lowest BCUT2D eigenvalue weighted by Crippen LogP contribution is -2.00. The van der Waals surface area contributed by atoms with Crippen LogP contribution < -0.4 is 0 Å². The summed E-state index contributed by atoms with van der Waals surface area (Å²) >= 11 is 0. The Morgan fingerprint density at radius 1 is 0.278 bits per heavy atom. The highest BCUT2D eigenvalue weighted by Gasteiger charge is 2.23. The fourth-order valence-corrected chi connectivity index (χ4v) is 10.6. The lowest BCUT2D eigenvalue weighted by molar-refractivity contribution is 0.668. The summed E-state index contributed by atoms with van der Waals surface area (Å²) in [6.45, 7) is 0. The van der Waals surface area contributed by atoms with Gasteiger partial charge < -0.3 is 8.98 Å². The molecule has 0 aliphatic heterocycles. The van der Waals surface area contributed by atoms with Crippen LogP contribution in [0.2, 0.25) is 0 Å². The van der Waals surface area contributed by atoms with Gasteiger partial charge in [0.25, 0.3) is 0 Å². The Morgan fingerprint density at radius 3 is 1.49 bits per heavy atom. The summed E-state index contributed by atoms with van der Waals surface area (Å²) in [6.07, 6.45) is 0. The number of benzene rings is 11. The average Bonchev–Trinajstić information content (AvgIpc) is 3.99. The van der Waals surface area contributed by atoms with Gasteiger partial charge in [-0.05, 0) is 104 Å². The van der Waals surface area contributed by atoms with E-state index >= 15 is 0 Å². The maximum absolute atomic E-state index is 7.03. The number of aromatic nitrogens is 4. The zero-order valence-corrected chi connectivity index (χ0v) is 38.9. The molecule has 0 spiro atoms. The maximum Gasteiger partial charge on any atom is 0.164 e. The maximum atomic E-state index is 7.03. The molecule has 11 aromatic carbocycles. The van der Waals surface area contributed by atoms with E-state index in [1.165, 1.54) is 21.5 Å². The van der Waals surface area contributed by atoms with Gasteiger partial charge in [0, 0.05) is 49.9 Å². The van der Waals surface area contributed by atoms with E-state index in [9.17, 15) is 0 Å². The van der Waals surface area contributed by atoms with Crippen molar-refractivity contribution >= 4 is 54.5 Å². The van der Waals surface area contributed by atoms with Gasteiger partial charge in [-0.1, -0.05) is 194 Å². The van der Waals surface area contributed by atoms with Gasteiger partial charge in [-0.25, -0.2) is 15.0 Å². The van der Waals surface area contributed by atoms with Crippen LogP contribution in [0.3, 0.4) is 0 Å². The lowest BCUT2D eigenvalue weighted by Gasteiger charge is -2.17. The number of hydrogen-bond acceptors (Lipinski definition) is 4. The van der Waals surface area contributed by atoms with Crippen LogP contribution >= 0.6 is 0 Å². The summed E-state index contributed by atoms with van der Waals surface area (Å²) in [6, 6.07) is 90.2. The molecule has 3 aromatic heterocycles. The second kappa shape index (κ2) is 17.1. The number of para-hydroxylation sites is 1. The zero-order valence-electron chi connectivity index (χ0n) is 38.9. The Bertz CT molecular complexity index is 4310. The monoisotopic (exact) mass is 918 g/mol. The predicted molar refractivity (Wildman–Crippen MR) is 297 cm³/mol. The van der Waals surface area contributed by atoms with Gasteiger partial charge >= 0.3 is 0 Å². The van der Waals surface area contributed by atoms with Crippen molar-refractivity contribution in [3.63, 3.8) is 0 Å². The van der Waals surface area contributed by atoms with E-state index in [1.807, 2.05) is 30.3 Å². The van der Waals surface area contributed by atoms with Crippen LogP contribution in [0, 0.1) is 0 Å². The molecule has 14 aromatic rings. The number of furan rings is 1. The number of nitrogens with zero attached hydrogens (tertiary/aromatic N) is 4. The molecule has 0 saturated carbocycles. The normalized spacial score (nSPS) is 11.6. The van der Waals surface area contributed by atoms with Crippen molar-refractivity contribution in [1.82, 2.24) is 19.5 Å². The second-order valence-corrected chi connectivity index (χ2v) is 18.4. The van der Waals surface area contributed by atoms with Crippen molar-refractivity contribution < 1.29 is 4.42 Å². The quantitative estimate of drug-likeness (QED) is 0.152. The van der Waals surface area contributed by atoms with Gasteiger partial charge in [0.2, 0.25) is 0 Å². The van der Waals surface area contributed by atoms with Crippen LogP contribution in [-0.2, 0) is 0 Å². The zero-order chi connectivity index (χ0) is 47.5. The molecule has 0 bridgehead atoms. The molecule has 0 saturated heterocycles. The minimum absolute atomic E-state index is 0.564. The molecule has 72 heavy (non-hydrogen) atoms. The van der Waals surface area contributed by atoms with Crippen LogP contribution in [-0.4, -0.2) is 19.5 Å². The fourth-order valence-electron chi connectivity index (χ4n) is 10.6. The van der Waals surface area contributed by atoms with E-state index in [0.717, 1.165) is 99.9 Å². The first kappa shape index (κ1) is 41.3. The summed E-state index contributed by atoms with van der Waals surface area (Å²) in [5.41, 5.74) is 16.3. The molecule has 336 valence electrons. The van der Waals surface area contributed by atoms with Crippen LogP contribution in [0.5, 0.6) is 0 Å². The molecule has 0 N–H and O–H groups in total. The summed E-state index contributed by atoms with van der Waals surface area (Å²) in [4.78, 5) is 15.7. The first-order valence-corrected chi connectivity index (χ1v) is 24.3. The number of fused-ring (bicyclic) bond motifs is 7. The Labute approximate surface area is 415 Å².